The van der Waals surface area contributed by atoms with Gasteiger partial charge in [0.2, 0.25) is 0 Å². The average molecular weight is 361 g/mol. The first-order valence-electron chi connectivity index (χ1n) is 6.74. The van der Waals surface area contributed by atoms with Crippen molar-refractivity contribution in [2.24, 2.45) is 0 Å². The molecule has 5 nitrogen and oxygen atoms in total. The Kier molecular flexibility index (Phi) is 4.39. The van der Waals surface area contributed by atoms with E-state index in [4.69, 9.17) is 9.26 Å². The number of nitrogens with zero attached hydrogens (tertiary/aromatic N) is 2. The molecule has 0 spiro atoms. The number of hydrogen-bond acceptors (Lipinski definition) is 4. The molecule has 22 heavy (non-hydrogen) atoms. The van der Waals surface area contributed by atoms with Crippen LogP contribution in [0.4, 0.5) is 0 Å². The molecule has 0 bridgehead atoms. The van der Waals surface area contributed by atoms with Crippen LogP contribution < -0.4 is 10.5 Å². The van der Waals surface area contributed by atoms with E-state index in [9.17, 15) is 4.79 Å². The van der Waals surface area contributed by atoms with E-state index in [1.165, 1.54) is 4.57 Å². The highest BCUT2D eigenvalue weighted by atomic mass is 79.9. The molecule has 3 rings (SSSR count). The molecule has 3 aromatic rings. The van der Waals surface area contributed by atoms with Gasteiger partial charge in [0.05, 0.1) is 6.54 Å². The van der Waals surface area contributed by atoms with Gasteiger partial charge in [0, 0.05) is 10.0 Å². The van der Waals surface area contributed by atoms with E-state index < -0.39 is 5.76 Å². The minimum atomic E-state index is -0.489. The molecule has 0 unspecified atom stereocenters. The van der Waals surface area contributed by atoms with Crippen LogP contribution in [0.1, 0.15) is 0 Å². The normalized spacial score (nSPS) is 10.6. The van der Waals surface area contributed by atoms with Crippen molar-refractivity contribution < 1.29 is 9.26 Å². The zero-order chi connectivity index (χ0) is 15.4. The molecule has 0 radical (unpaired) electrons. The summed E-state index contributed by atoms with van der Waals surface area (Å²) in [7, 11) is 0. The molecule has 0 atom stereocenters. The van der Waals surface area contributed by atoms with Gasteiger partial charge in [-0.25, -0.2) is 4.79 Å². The van der Waals surface area contributed by atoms with E-state index >= 15 is 0 Å². The van der Waals surface area contributed by atoms with Crippen molar-refractivity contribution in [1.82, 2.24) is 9.72 Å². The number of halogens is 1. The fraction of sp³-hybridized carbons (Fsp3) is 0.125. The third-order valence-electron chi connectivity index (χ3n) is 3.10. The molecule has 6 heteroatoms. The lowest BCUT2D eigenvalue weighted by Crippen LogP contribution is -2.19. The van der Waals surface area contributed by atoms with Crippen LogP contribution in [0.15, 0.2) is 68.4 Å². The molecule has 112 valence electrons. The van der Waals surface area contributed by atoms with Crippen LogP contribution in [0.25, 0.3) is 11.4 Å². The van der Waals surface area contributed by atoms with E-state index in [2.05, 4.69) is 21.1 Å². The van der Waals surface area contributed by atoms with Gasteiger partial charge in [-0.05, 0) is 18.2 Å². The van der Waals surface area contributed by atoms with E-state index in [0.29, 0.717) is 19.0 Å². The third kappa shape index (κ3) is 3.28. The Morgan fingerprint density at radius 2 is 1.95 bits per heavy atom. The average Bonchev–Trinajstić information content (AvgIpc) is 2.90. The number of aromatic nitrogens is 2. The quantitative estimate of drug-likeness (QED) is 0.700. The lowest BCUT2D eigenvalue weighted by molar-refractivity contribution is 0.290. The summed E-state index contributed by atoms with van der Waals surface area (Å²) in [6, 6.07) is 17.0. The van der Waals surface area contributed by atoms with Crippen LogP contribution in [0.5, 0.6) is 5.75 Å². The molecule has 0 aliphatic heterocycles. The molecule has 0 saturated heterocycles. The second kappa shape index (κ2) is 6.62. The van der Waals surface area contributed by atoms with Gasteiger partial charge in [-0.1, -0.05) is 57.5 Å². The van der Waals surface area contributed by atoms with Crippen LogP contribution in [-0.2, 0) is 6.54 Å². The summed E-state index contributed by atoms with van der Waals surface area (Å²) in [4.78, 5) is 11.8. The Labute approximate surface area is 135 Å². The van der Waals surface area contributed by atoms with Crippen molar-refractivity contribution in [3.05, 3.63) is 69.6 Å². The van der Waals surface area contributed by atoms with Crippen LogP contribution in [0, 0.1) is 0 Å². The van der Waals surface area contributed by atoms with Crippen molar-refractivity contribution >= 4 is 15.9 Å². The minimum absolute atomic E-state index is 0.345. The Hall–Kier alpha value is -2.34. The predicted molar refractivity (Wildman–Crippen MR) is 85.8 cm³/mol. The predicted octanol–water partition coefficient (Wildman–Crippen LogP) is 3.34. The Bertz CT molecular complexity index is 812. The molecular weight excluding hydrogens is 348 g/mol. The van der Waals surface area contributed by atoms with Crippen molar-refractivity contribution in [2.75, 3.05) is 6.61 Å². The fourth-order valence-corrected chi connectivity index (χ4v) is 2.45. The number of hydrogen-bond donors (Lipinski definition) is 0. The second-order valence-corrected chi connectivity index (χ2v) is 5.51. The maximum absolute atomic E-state index is 11.8. The first-order valence-corrected chi connectivity index (χ1v) is 7.53. The SMILES string of the molecule is O=c1onc(-c2ccccc2)n1CCOc1cccc(Br)c1. The third-order valence-corrected chi connectivity index (χ3v) is 3.59. The highest BCUT2D eigenvalue weighted by Gasteiger charge is 2.12. The summed E-state index contributed by atoms with van der Waals surface area (Å²) in [5, 5.41) is 3.84. The monoisotopic (exact) mass is 360 g/mol. The van der Waals surface area contributed by atoms with Crippen molar-refractivity contribution in [2.45, 2.75) is 6.54 Å². The first-order chi connectivity index (χ1) is 10.7. The minimum Gasteiger partial charge on any atom is -0.492 e. The first kappa shape index (κ1) is 14.6. The number of rotatable bonds is 5. The van der Waals surface area contributed by atoms with Crippen LogP contribution in [0.3, 0.4) is 0 Å². The van der Waals surface area contributed by atoms with Gasteiger partial charge in [0.1, 0.15) is 12.4 Å². The summed E-state index contributed by atoms with van der Waals surface area (Å²) in [5.41, 5.74) is 0.829. The van der Waals surface area contributed by atoms with E-state index in [0.717, 1.165) is 15.8 Å². The van der Waals surface area contributed by atoms with E-state index in [-0.39, 0.29) is 0 Å². The maximum atomic E-state index is 11.8. The van der Waals surface area contributed by atoms with Gasteiger partial charge >= 0.3 is 5.76 Å². The van der Waals surface area contributed by atoms with E-state index in [1.807, 2.05) is 54.6 Å². The van der Waals surface area contributed by atoms with Gasteiger partial charge in [0.25, 0.3) is 0 Å². The molecular formula is C16H13BrN2O3. The molecule has 0 aliphatic rings. The molecule has 0 aliphatic carbocycles. The Morgan fingerprint density at radius 1 is 1.14 bits per heavy atom. The molecule has 0 fully saturated rings. The van der Waals surface area contributed by atoms with E-state index in [1.54, 1.807) is 0 Å². The Balaban J connectivity index is 1.73. The fourth-order valence-electron chi connectivity index (χ4n) is 2.07. The molecule has 0 amide bonds. The topological polar surface area (TPSA) is 57.3 Å². The summed E-state index contributed by atoms with van der Waals surface area (Å²) in [6.07, 6.45) is 0. The van der Waals surface area contributed by atoms with Gasteiger partial charge in [-0.2, -0.15) is 0 Å². The highest BCUT2D eigenvalue weighted by molar-refractivity contribution is 9.10. The second-order valence-electron chi connectivity index (χ2n) is 4.60. The lowest BCUT2D eigenvalue weighted by atomic mass is 10.2. The largest absolute Gasteiger partial charge is 0.492 e. The summed E-state index contributed by atoms with van der Waals surface area (Å²) < 4.78 is 12.8. The summed E-state index contributed by atoms with van der Waals surface area (Å²) in [5.74, 6) is 0.750. The van der Waals surface area contributed by atoms with Gasteiger partial charge in [0.15, 0.2) is 5.82 Å². The smallest absolute Gasteiger partial charge is 0.441 e. The highest BCUT2D eigenvalue weighted by Crippen LogP contribution is 2.18. The lowest BCUT2D eigenvalue weighted by Gasteiger charge is -2.07. The van der Waals surface area contributed by atoms with Crippen LogP contribution >= 0.6 is 15.9 Å². The number of ether oxygens (including phenoxy) is 1. The molecule has 0 N–H and O–H groups in total. The van der Waals surface area contributed by atoms with Gasteiger partial charge < -0.3 is 4.74 Å². The number of benzene rings is 2. The molecule has 2 aromatic carbocycles. The summed E-state index contributed by atoms with van der Waals surface area (Å²) >= 11 is 3.39. The van der Waals surface area contributed by atoms with Crippen molar-refractivity contribution in [1.29, 1.82) is 0 Å². The van der Waals surface area contributed by atoms with Gasteiger partial charge in [-0.15, -0.1) is 0 Å². The van der Waals surface area contributed by atoms with Crippen LogP contribution in [-0.4, -0.2) is 16.3 Å². The Morgan fingerprint density at radius 3 is 2.73 bits per heavy atom. The molecule has 0 saturated carbocycles. The zero-order valence-corrected chi connectivity index (χ0v) is 13.2. The van der Waals surface area contributed by atoms with Crippen molar-refractivity contribution in [3.63, 3.8) is 0 Å². The van der Waals surface area contributed by atoms with Crippen molar-refractivity contribution in [3.8, 4) is 17.1 Å². The van der Waals surface area contributed by atoms with Gasteiger partial charge in [-0.3, -0.25) is 9.09 Å². The molecule has 1 aromatic heterocycles. The van der Waals surface area contributed by atoms with Crippen LogP contribution in [0.2, 0.25) is 0 Å². The summed E-state index contributed by atoms with van der Waals surface area (Å²) in [6.45, 7) is 0.705. The standard InChI is InChI=1S/C16H13BrN2O3/c17-13-7-4-8-14(11-13)21-10-9-19-15(18-22-16(19)20)12-5-2-1-3-6-12/h1-8,11H,9-10H2. The maximum Gasteiger partial charge on any atom is 0.441 e. The molecule has 1 heterocycles. The zero-order valence-electron chi connectivity index (χ0n) is 11.6.